The van der Waals surface area contributed by atoms with E-state index in [9.17, 15) is 4.79 Å². The highest BCUT2D eigenvalue weighted by Crippen LogP contribution is 2.31. The first-order valence-corrected chi connectivity index (χ1v) is 10.2. The first kappa shape index (κ1) is 16.8. The standard InChI is InChI=1S/C22H26N4O/c27-22-18-10-12-26(13-17-8-4-7-15-9-11-23-20(15)17)14-19(18)24-21(25-22)16-5-2-1-3-6-16/h4,7-9,11,16,23H,1-3,5-6,10,12-14H2,(H,24,25,27). The highest BCUT2D eigenvalue weighted by molar-refractivity contribution is 5.82. The molecule has 2 aliphatic rings. The molecule has 1 saturated carbocycles. The molecular weight excluding hydrogens is 336 g/mol. The van der Waals surface area contributed by atoms with Crippen LogP contribution in [0.5, 0.6) is 0 Å². The number of hydrogen-bond donors (Lipinski definition) is 2. The van der Waals surface area contributed by atoms with Crippen molar-refractivity contribution in [2.24, 2.45) is 0 Å². The second-order valence-corrected chi connectivity index (χ2v) is 8.03. The predicted octanol–water partition coefficient (Wildman–Crippen LogP) is 3.86. The average Bonchev–Trinajstić information content (AvgIpc) is 3.18. The third kappa shape index (κ3) is 3.21. The van der Waals surface area contributed by atoms with Crippen molar-refractivity contribution in [1.82, 2.24) is 19.9 Å². The number of nitrogens with zero attached hydrogens (tertiary/aromatic N) is 2. The molecule has 0 amide bonds. The third-order valence-corrected chi connectivity index (χ3v) is 6.23. The van der Waals surface area contributed by atoms with Gasteiger partial charge in [-0.05, 0) is 36.3 Å². The maximum atomic E-state index is 12.6. The van der Waals surface area contributed by atoms with E-state index in [0.717, 1.165) is 56.0 Å². The molecule has 0 spiro atoms. The topological polar surface area (TPSA) is 64.8 Å². The molecule has 5 heteroatoms. The van der Waals surface area contributed by atoms with Crippen LogP contribution in [0.2, 0.25) is 0 Å². The van der Waals surface area contributed by atoms with Crippen LogP contribution in [-0.2, 0) is 19.5 Å². The number of nitrogens with one attached hydrogen (secondary N) is 2. The van der Waals surface area contributed by atoms with Crippen molar-refractivity contribution in [1.29, 1.82) is 0 Å². The zero-order valence-corrected chi connectivity index (χ0v) is 15.6. The van der Waals surface area contributed by atoms with Gasteiger partial charge in [0.05, 0.1) is 5.69 Å². The quantitative estimate of drug-likeness (QED) is 0.744. The Kier molecular flexibility index (Phi) is 4.32. The number of aromatic nitrogens is 3. The minimum Gasteiger partial charge on any atom is -0.361 e. The van der Waals surface area contributed by atoms with Crippen LogP contribution in [0.4, 0.5) is 0 Å². The summed E-state index contributed by atoms with van der Waals surface area (Å²) in [6.45, 7) is 2.54. The fourth-order valence-electron chi connectivity index (χ4n) is 4.74. The Morgan fingerprint density at radius 3 is 2.93 bits per heavy atom. The molecule has 5 rings (SSSR count). The maximum absolute atomic E-state index is 12.6. The van der Waals surface area contributed by atoms with Crippen molar-refractivity contribution >= 4 is 10.9 Å². The zero-order valence-electron chi connectivity index (χ0n) is 15.6. The van der Waals surface area contributed by atoms with Crippen LogP contribution in [0, 0.1) is 0 Å². The molecule has 1 fully saturated rings. The Morgan fingerprint density at radius 1 is 1.15 bits per heavy atom. The number of benzene rings is 1. The SMILES string of the molecule is O=c1[nH]c(C2CCCCC2)nc2c1CCN(Cc1cccc3cc[nH]c13)C2. The van der Waals surface area contributed by atoms with E-state index in [0.29, 0.717) is 5.92 Å². The molecule has 0 radical (unpaired) electrons. The summed E-state index contributed by atoms with van der Waals surface area (Å²) >= 11 is 0. The molecular formula is C22H26N4O. The van der Waals surface area contributed by atoms with Crippen molar-refractivity contribution in [3.8, 4) is 0 Å². The molecule has 1 aliphatic heterocycles. The molecule has 0 unspecified atom stereocenters. The molecule has 2 N–H and O–H groups in total. The molecule has 1 aliphatic carbocycles. The Balaban J connectivity index is 1.40. The number of H-pyrrole nitrogens is 2. The van der Waals surface area contributed by atoms with Crippen LogP contribution in [0.25, 0.3) is 10.9 Å². The fraction of sp³-hybridized carbons (Fsp3) is 0.455. The highest BCUT2D eigenvalue weighted by Gasteiger charge is 2.24. The van der Waals surface area contributed by atoms with E-state index in [4.69, 9.17) is 4.98 Å². The largest absolute Gasteiger partial charge is 0.361 e. The van der Waals surface area contributed by atoms with Gasteiger partial charge in [0, 0.05) is 42.8 Å². The zero-order chi connectivity index (χ0) is 18.2. The van der Waals surface area contributed by atoms with Crippen LogP contribution in [-0.4, -0.2) is 26.4 Å². The minimum absolute atomic E-state index is 0.0895. The molecule has 27 heavy (non-hydrogen) atoms. The smallest absolute Gasteiger partial charge is 0.254 e. The lowest BCUT2D eigenvalue weighted by Gasteiger charge is -2.29. The van der Waals surface area contributed by atoms with E-state index in [1.165, 1.54) is 35.7 Å². The van der Waals surface area contributed by atoms with Crippen molar-refractivity contribution in [2.75, 3.05) is 6.54 Å². The van der Waals surface area contributed by atoms with Crippen LogP contribution in [0.15, 0.2) is 35.3 Å². The summed E-state index contributed by atoms with van der Waals surface area (Å²) in [5.41, 5.74) is 4.49. The van der Waals surface area contributed by atoms with Gasteiger partial charge < -0.3 is 9.97 Å². The van der Waals surface area contributed by atoms with Crippen LogP contribution < -0.4 is 5.56 Å². The van der Waals surface area contributed by atoms with Gasteiger partial charge in [-0.1, -0.05) is 37.5 Å². The fourth-order valence-corrected chi connectivity index (χ4v) is 4.74. The number of para-hydroxylation sites is 1. The summed E-state index contributed by atoms with van der Waals surface area (Å²) in [6.07, 6.45) is 8.89. The van der Waals surface area contributed by atoms with Gasteiger partial charge in [0.1, 0.15) is 5.82 Å². The van der Waals surface area contributed by atoms with Gasteiger partial charge >= 0.3 is 0 Å². The molecule has 0 atom stereocenters. The van der Waals surface area contributed by atoms with E-state index in [1.807, 2.05) is 6.20 Å². The van der Waals surface area contributed by atoms with Gasteiger partial charge in [-0.3, -0.25) is 9.69 Å². The molecule has 140 valence electrons. The van der Waals surface area contributed by atoms with Crippen molar-refractivity contribution in [3.05, 3.63) is 63.5 Å². The lowest BCUT2D eigenvalue weighted by atomic mass is 9.88. The molecule has 2 aromatic heterocycles. The second kappa shape index (κ2) is 6.97. The highest BCUT2D eigenvalue weighted by atomic mass is 16.1. The van der Waals surface area contributed by atoms with Gasteiger partial charge in [-0.25, -0.2) is 4.98 Å². The van der Waals surface area contributed by atoms with Crippen LogP contribution in [0.1, 0.15) is 60.7 Å². The van der Waals surface area contributed by atoms with Crippen LogP contribution >= 0.6 is 0 Å². The van der Waals surface area contributed by atoms with Gasteiger partial charge in [-0.15, -0.1) is 0 Å². The van der Waals surface area contributed by atoms with E-state index < -0.39 is 0 Å². The summed E-state index contributed by atoms with van der Waals surface area (Å²) in [4.78, 5) is 26.4. The van der Waals surface area contributed by atoms with Crippen molar-refractivity contribution in [2.45, 2.75) is 57.5 Å². The Labute approximate surface area is 158 Å². The molecule has 3 aromatic rings. The van der Waals surface area contributed by atoms with E-state index in [2.05, 4.69) is 39.1 Å². The number of fused-ring (bicyclic) bond motifs is 2. The third-order valence-electron chi connectivity index (χ3n) is 6.23. The summed E-state index contributed by atoms with van der Waals surface area (Å²) in [5, 5.41) is 1.25. The summed E-state index contributed by atoms with van der Waals surface area (Å²) in [5.74, 6) is 1.35. The van der Waals surface area contributed by atoms with Gasteiger partial charge in [0.15, 0.2) is 0 Å². The monoisotopic (exact) mass is 362 g/mol. The summed E-state index contributed by atoms with van der Waals surface area (Å²) in [6, 6.07) is 8.56. The lowest BCUT2D eigenvalue weighted by Crippen LogP contribution is -2.35. The molecule has 0 bridgehead atoms. The Hall–Kier alpha value is -2.40. The number of hydrogen-bond acceptors (Lipinski definition) is 3. The van der Waals surface area contributed by atoms with Crippen molar-refractivity contribution < 1.29 is 0 Å². The first-order chi connectivity index (χ1) is 13.3. The van der Waals surface area contributed by atoms with Crippen LogP contribution in [0.3, 0.4) is 0 Å². The molecule has 3 heterocycles. The van der Waals surface area contributed by atoms with Gasteiger partial charge in [0.25, 0.3) is 5.56 Å². The normalized spacial score (nSPS) is 18.7. The second-order valence-electron chi connectivity index (χ2n) is 8.03. The number of rotatable bonds is 3. The summed E-state index contributed by atoms with van der Waals surface area (Å²) < 4.78 is 0. The van der Waals surface area contributed by atoms with E-state index in [1.54, 1.807) is 0 Å². The van der Waals surface area contributed by atoms with Crippen molar-refractivity contribution in [3.63, 3.8) is 0 Å². The Morgan fingerprint density at radius 2 is 2.04 bits per heavy atom. The molecule has 1 aromatic carbocycles. The number of aromatic amines is 2. The molecule has 0 saturated heterocycles. The lowest BCUT2D eigenvalue weighted by molar-refractivity contribution is 0.240. The maximum Gasteiger partial charge on any atom is 0.254 e. The molecule has 5 nitrogen and oxygen atoms in total. The van der Waals surface area contributed by atoms with Gasteiger partial charge in [0.2, 0.25) is 0 Å². The Bertz CT molecular complexity index is 1010. The van der Waals surface area contributed by atoms with E-state index in [-0.39, 0.29) is 5.56 Å². The van der Waals surface area contributed by atoms with Gasteiger partial charge in [-0.2, -0.15) is 0 Å². The summed E-state index contributed by atoms with van der Waals surface area (Å²) in [7, 11) is 0. The minimum atomic E-state index is 0.0895. The van der Waals surface area contributed by atoms with E-state index >= 15 is 0 Å². The average molecular weight is 362 g/mol. The first-order valence-electron chi connectivity index (χ1n) is 10.2. The predicted molar refractivity (Wildman–Crippen MR) is 107 cm³/mol.